The van der Waals surface area contributed by atoms with E-state index in [0.717, 1.165) is 0 Å². The fourth-order valence-electron chi connectivity index (χ4n) is 2.34. The van der Waals surface area contributed by atoms with E-state index < -0.39 is 0 Å². The Balaban J connectivity index is 1.86. The Hall–Kier alpha value is -1.95. The van der Waals surface area contributed by atoms with Crippen LogP contribution in [0, 0.1) is 5.82 Å². The van der Waals surface area contributed by atoms with Gasteiger partial charge in [-0.3, -0.25) is 9.59 Å². The molecule has 0 N–H and O–H groups in total. The number of ether oxygens (including phenoxy) is 1. The van der Waals surface area contributed by atoms with Gasteiger partial charge in [-0.25, -0.2) is 4.39 Å². The van der Waals surface area contributed by atoms with Crippen LogP contribution in [-0.2, 0) is 20.7 Å². The molecule has 0 saturated carbocycles. The Labute approximate surface area is 123 Å². The molecule has 5 nitrogen and oxygen atoms in total. The number of methoxy groups -OCH3 is 1. The number of rotatable bonds is 4. The summed E-state index contributed by atoms with van der Waals surface area (Å²) in [6, 6.07) is 6.28. The maximum absolute atomic E-state index is 13.5. The van der Waals surface area contributed by atoms with Crippen LogP contribution in [0.5, 0.6) is 0 Å². The van der Waals surface area contributed by atoms with Crippen molar-refractivity contribution in [1.82, 2.24) is 9.80 Å². The molecular weight excluding hydrogens is 275 g/mol. The third kappa shape index (κ3) is 4.01. The molecule has 1 heterocycles. The highest BCUT2D eigenvalue weighted by Gasteiger charge is 2.24. The maximum atomic E-state index is 13.5. The summed E-state index contributed by atoms with van der Waals surface area (Å²) in [4.78, 5) is 27.2. The minimum absolute atomic E-state index is 0.0543. The van der Waals surface area contributed by atoms with E-state index in [9.17, 15) is 14.0 Å². The Kier molecular flexibility index (Phi) is 5.27. The van der Waals surface area contributed by atoms with Crippen molar-refractivity contribution in [2.24, 2.45) is 0 Å². The zero-order chi connectivity index (χ0) is 15.2. The second-order valence-electron chi connectivity index (χ2n) is 4.96. The fraction of sp³-hybridized carbons (Fsp3) is 0.467. The second-order valence-corrected chi connectivity index (χ2v) is 4.96. The van der Waals surface area contributed by atoms with Crippen molar-refractivity contribution < 1.29 is 18.7 Å². The van der Waals surface area contributed by atoms with Gasteiger partial charge in [-0.15, -0.1) is 0 Å². The predicted molar refractivity (Wildman–Crippen MR) is 75.1 cm³/mol. The minimum Gasteiger partial charge on any atom is -0.375 e. The molecule has 1 aromatic rings. The van der Waals surface area contributed by atoms with Gasteiger partial charge >= 0.3 is 0 Å². The molecule has 21 heavy (non-hydrogen) atoms. The first-order valence-corrected chi connectivity index (χ1v) is 6.89. The summed E-state index contributed by atoms with van der Waals surface area (Å²) in [5.41, 5.74) is 0.403. The molecule has 1 aromatic carbocycles. The molecule has 0 aliphatic carbocycles. The van der Waals surface area contributed by atoms with Gasteiger partial charge in [0, 0.05) is 33.3 Å². The second kappa shape index (κ2) is 7.17. The van der Waals surface area contributed by atoms with Gasteiger partial charge in [0.25, 0.3) is 0 Å². The number of nitrogens with zero attached hydrogens (tertiary/aromatic N) is 2. The Morgan fingerprint density at radius 3 is 2.24 bits per heavy atom. The summed E-state index contributed by atoms with van der Waals surface area (Å²) >= 11 is 0. The molecule has 0 radical (unpaired) electrons. The van der Waals surface area contributed by atoms with E-state index in [1.165, 1.54) is 13.2 Å². The highest BCUT2D eigenvalue weighted by atomic mass is 19.1. The molecule has 1 saturated heterocycles. The highest BCUT2D eigenvalue weighted by Crippen LogP contribution is 2.10. The zero-order valence-electron chi connectivity index (χ0n) is 12.0. The third-order valence-corrected chi connectivity index (χ3v) is 3.55. The summed E-state index contributed by atoms with van der Waals surface area (Å²) in [6.07, 6.45) is 0.0543. The summed E-state index contributed by atoms with van der Waals surface area (Å²) in [7, 11) is 1.48. The number of hydrogen-bond donors (Lipinski definition) is 0. The van der Waals surface area contributed by atoms with Crippen LogP contribution in [0.4, 0.5) is 4.39 Å². The lowest BCUT2D eigenvalue weighted by Gasteiger charge is -2.34. The lowest BCUT2D eigenvalue weighted by atomic mass is 10.1. The number of hydrogen-bond acceptors (Lipinski definition) is 3. The molecule has 0 aromatic heterocycles. The highest BCUT2D eigenvalue weighted by molar-refractivity contribution is 5.80. The van der Waals surface area contributed by atoms with Crippen molar-refractivity contribution in [2.75, 3.05) is 39.9 Å². The monoisotopic (exact) mass is 294 g/mol. The lowest BCUT2D eigenvalue weighted by molar-refractivity contribution is -0.141. The normalized spacial score (nSPS) is 15.1. The van der Waals surface area contributed by atoms with Gasteiger partial charge in [-0.05, 0) is 11.6 Å². The molecule has 0 spiro atoms. The van der Waals surface area contributed by atoms with Crippen molar-refractivity contribution in [3.8, 4) is 0 Å². The molecule has 6 heteroatoms. The maximum Gasteiger partial charge on any atom is 0.248 e. The van der Waals surface area contributed by atoms with Crippen LogP contribution in [0.3, 0.4) is 0 Å². The number of amides is 2. The first-order chi connectivity index (χ1) is 10.1. The Morgan fingerprint density at radius 2 is 1.67 bits per heavy atom. The molecule has 2 amide bonds. The predicted octanol–water partition coefficient (Wildman–Crippen LogP) is 0.685. The molecule has 1 aliphatic rings. The van der Waals surface area contributed by atoms with Gasteiger partial charge in [0.05, 0.1) is 6.42 Å². The van der Waals surface area contributed by atoms with Gasteiger partial charge in [0.15, 0.2) is 0 Å². The summed E-state index contributed by atoms with van der Waals surface area (Å²) in [5.74, 6) is -0.544. The van der Waals surface area contributed by atoms with E-state index in [0.29, 0.717) is 31.7 Å². The van der Waals surface area contributed by atoms with E-state index in [4.69, 9.17) is 4.74 Å². The molecule has 0 bridgehead atoms. The van der Waals surface area contributed by atoms with E-state index in [1.54, 1.807) is 28.0 Å². The Morgan fingerprint density at radius 1 is 1.10 bits per heavy atom. The van der Waals surface area contributed by atoms with Gasteiger partial charge in [0.1, 0.15) is 12.4 Å². The summed E-state index contributed by atoms with van der Waals surface area (Å²) in [5, 5.41) is 0. The van der Waals surface area contributed by atoms with Crippen LogP contribution in [0.25, 0.3) is 0 Å². The van der Waals surface area contributed by atoms with E-state index in [2.05, 4.69) is 0 Å². The topological polar surface area (TPSA) is 49.9 Å². The first kappa shape index (κ1) is 15.4. The van der Waals surface area contributed by atoms with Crippen LogP contribution >= 0.6 is 0 Å². The Bertz CT molecular complexity index is 513. The molecule has 0 unspecified atom stereocenters. The third-order valence-electron chi connectivity index (χ3n) is 3.55. The number of carbonyl (C=O) groups excluding carboxylic acids is 2. The van der Waals surface area contributed by atoms with Crippen LogP contribution in [0.15, 0.2) is 24.3 Å². The average molecular weight is 294 g/mol. The molecule has 114 valence electrons. The first-order valence-electron chi connectivity index (χ1n) is 6.89. The van der Waals surface area contributed by atoms with Gasteiger partial charge < -0.3 is 14.5 Å². The smallest absolute Gasteiger partial charge is 0.248 e. The quantitative estimate of drug-likeness (QED) is 0.821. The van der Waals surface area contributed by atoms with Crippen molar-refractivity contribution in [1.29, 1.82) is 0 Å². The SMILES string of the molecule is COCC(=O)N1CCN(C(=O)Cc2ccccc2F)CC1. The molecule has 2 rings (SSSR count). The molecule has 0 atom stereocenters. The van der Waals surface area contributed by atoms with Gasteiger partial charge in [-0.2, -0.15) is 0 Å². The van der Waals surface area contributed by atoms with Crippen molar-refractivity contribution in [2.45, 2.75) is 6.42 Å². The van der Waals surface area contributed by atoms with Crippen molar-refractivity contribution in [3.63, 3.8) is 0 Å². The zero-order valence-corrected chi connectivity index (χ0v) is 12.0. The molecular formula is C15H19FN2O3. The molecule has 1 fully saturated rings. The van der Waals surface area contributed by atoms with Crippen LogP contribution in [0.1, 0.15) is 5.56 Å². The fourth-order valence-corrected chi connectivity index (χ4v) is 2.34. The van der Waals surface area contributed by atoms with Crippen LogP contribution in [-0.4, -0.2) is 61.5 Å². The van der Waals surface area contributed by atoms with Gasteiger partial charge in [0.2, 0.25) is 11.8 Å². The average Bonchev–Trinajstić information content (AvgIpc) is 2.50. The van der Waals surface area contributed by atoms with E-state index >= 15 is 0 Å². The summed E-state index contributed by atoms with van der Waals surface area (Å²) in [6.45, 7) is 1.99. The largest absolute Gasteiger partial charge is 0.375 e. The van der Waals surface area contributed by atoms with E-state index in [-0.39, 0.29) is 30.7 Å². The van der Waals surface area contributed by atoms with Crippen molar-refractivity contribution >= 4 is 11.8 Å². The number of halogens is 1. The lowest BCUT2D eigenvalue weighted by Crippen LogP contribution is -2.51. The van der Waals surface area contributed by atoms with Crippen molar-refractivity contribution in [3.05, 3.63) is 35.6 Å². The van der Waals surface area contributed by atoms with Gasteiger partial charge in [-0.1, -0.05) is 18.2 Å². The minimum atomic E-state index is -0.361. The standard InChI is InChI=1S/C15H19FN2O3/c1-21-11-15(20)18-8-6-17(7-9-18)14(19)10-12-4-2-3-5-13(12)16/h2-5H,6-11H2,1H3. The van der Waals surface area contributed by atoms with E-state index in [1.807, 2.05) is 0 Å². The number of piperazine rings is 1. The summed E-state index contributed by atoms with van der Waals surface area (Å²) < 4.78 is 18.3. The van der Waals surface area contributed by atoms with Crippen LogP contribution < -0.4 is 0 Å². The number of carbonyl (C=O) groups is 2. The van der Waals surface area contributed by atoms with Crippen LogP contribution in [0.2, 0.25) is 0 Å². The molecule has 1 aliphatic heterocycles. The number of benzene rings is 1.